The lowest BCUT2D eigenvalue weighted by molar-refractivity contribution is 0.0419. The molecule has 10 heteroatoms. The molecule has 6 nitrogen and oxygen atoms in total. The highest BCUT2D eigenvalue weighted by Crippen LogP contribution is 2.51. The van der Waals surface area contributed by atoms with Gasteiger partial charge in [0.1, 0.15) is 11.5 Å². The summed E-state index contributed by atoms with van der Waals surface area (Å²) < 4.78 is 26.1. The third kappa shape index (κ3) is 4.21. The first-order chi connectivity index (χ1) is 11.9. The van der Waals surface area contributed by atoms with Crippen LogP contribution in [0.1, 0.15) is 5.56 Å². The van der Waals surface area contributed by atoms with E-state index >= 15 is 0 Å². The van der Waals surface area contributed by atoms with Gasteiger partial charge in [0.15, 0.2) is 29.4 Å². The van der Waals surface area contributed by atoms with Gasteiger partial charge in [0.2, 0.25) is 0 Å². The predicted octanol–water partition coefficient (Wildman–Crippen LogP) is 2.93. The molecule has 1 heterocycles. The SMILES string of the molecule is COCOc1ccc(C2(O)C(S)=C(S)OC(S)=C2S)c(OCOC)c1. The van der Waals surface area contributed by atoms with Gasteiger partial charge in [-0.1, -0.05) is 0 Å². The van der Waals surface area contributed by atoms with Gasteiger partial charge in [0.05, 0.1) is 9.81 Å². The second kappa shape index (κ2) is 8.85. The molecule has 0 atom stereocenters. The molecule has 0 fully saturated rings. The largest absolute Gasteiger partial charge is 0.467 e. The van der Waals surface area contributed by atoms with Gasteiger partial charge < -0.3 is 28.8 Å². The summed E-state index contributed by atoms with van der Waals surface area (Å²) in [5, 5.41) is 11.5. The van der Waals surface area contributed by atoms with Gasteiger partial charge in [-0.3, -0.25) is 0 Å². The molecule has 1 N–H and O–H groups in total. The Balaban J connectivity index is 2.57. The van der Waals surface area contributed by atoms with Crippen LogP contribution in [0.3, 0.4) is 0 Å². The Morgan fingerprint density at radius 3 is 2.08 bits per heavy atom. The molecule has 0 saturated carbocycles. The van der Waals surface area contributed by atoms with Crippen molar-refractivity contribution in [2.24, 2.45) is 0 Å². The van der Waals surface area contributed by atoms with E-state index in [1.165, 1.54) is 14.2 Å². The van der Waals surface area contributed by atoms with Gasteiger partial charge in [0.25, 0.3) is 0 Å². The number of methoxy groups -OCH3 is 2. The first kappa shape index (κ1) is 20.7. The van der Waals surface area contributed by atoms with Crippen LogP contribution < -0.4 is 9.47 Å². The minimum atomic E-state index is -1.75. The maximum Gasteiger partial charge on any atom is 0.188 e. The average molecular weight is 423 g/mol. The lowest BCUT2D eigenvalue weighted by Crippen LogP contribution is -2.32. The third-order valence-corrected chi connectivity index (χ3v) is 5.34. The van der Waals surface area contributed by atoms with Crippen molar-refractivity contribution in [3.63, 3.8) is 0 Å². The molecule has 0 amide bonds. The molecule has 0 unspecified atom stereocenters. The topological polar surface area (TPSA) is 66.4 Å². The Labute approximate surface area is 167 Å². The molecule has 1 aliphatic heterocycles. The first-order valence-electron chi connectivity index (χ1n) is 6.89. The van der Waals surface area contributed by atoms with E-state index in [9.17, 15) is 5.11 Å². The number of hydrogen-bond donors (Lipinski definition) is 5. The van der Waals surface area contributed by atoms with Gasteiger partial charge in [-0.15, -0.1) is 50.5 Å². The summed E-state index contributed by atoms with van der Waals surface area (Å²) in [5.41, 5.74) is -1.40. The summed E-state index contributed by atoms with van der Waals surface area (Å²) in [6, 6.07) is 4.87. The standard InChI is InChI=1S/C15H18O6S4/c1-17-6-19-8-3-4-9(10(5-8)20-7-18-2)15(16)11(22)13(24)21-14(25)12(15)23/h3-5,16,22-25H,6-7H2,1-2H3. The molecule has 0 aliphatic carbocycles. The summed E-state index contributed by atoms with van der Waals surface area (Å²) in [5.74, 6) is 0.791. The molecule has 1 aromatic rings. The van der Waals surface area contributed by atoms with Gasteiger partial charge in [-0.25, -0.2) is 0 Å². The minimum Gasteiger partial charge on any atom is -0.467 e. The lowest BCUT2D eigenvalue weighted by Gasteiger charge is -2.35. The molecule has 138 valence electrons. The zero-order valence-electron chi connectivity index (χ0n) is 13.4. The van der Waals surface area contributed by atoms with Gasteiger partial charge in [-0.05, 0) is 12.1 Å². The van der Waals surface area contributed by atoms with E-state index in [1.54, 1.807) is 18.2 Å². The van der Waals surface area contributed by atoms with Gasteiger partial charge in [0, 0.05) is 25.8 Å². The van der Waals surface area contributed by atoms with Crippen molar-refractivity contribution in [2.75, 3.05) is 27.8 Å². The molecule has 25 heavy (non-hydrogen) atoms. The molecule has 1 aliphatic rings. The second-order valence-electron chi connectivity index (χ2n) is 4.88. The Morgan fingerprint density at radius 1 is 0.960 bits per heavy atom. The average Bonchev–Trinajstić information content (AvgIpc) is 2.61. The number of rotatable bonds is 7. The third-order valence-electron chi connectivity index (χ3n) is 3.30. The molecule has 2 rings (SSSR count). The molecule has 0 spiro atoms. The van der Waals surface area contributed by atoms with Crippen molar-refractivity contribution in [1.29, 1.82) is 0 Å². The van der Waals surface area contributed by atoms with Crippen molar-refractivity contribution in [3.8, 4) is 11.5 Å². The first-order valence-corrected chi connectivity index (χ1v) is 8.68. The minimum absolute atomic E-state index is 0.0357. The van der Waals surface area contributed by atoms with Gasteiger partial charge >= 0.3 is 0 Å². The van der Waals surface area contributed by atoms with Crippen molar-refractivity contribution < 1.29 is 28.8 Å². The van der Waals surface area contributed by atoms with E-state index < -0.39 is 5.60 Å². The number of ether oxygens (including phenoxy) is 5. The smallest absolute Gasteiger partial charge is 0.188 e. The van der Waals surface area contributed by atoms with E-state index in [0.717, 1.165) is 0 Å². The summed E-state index contributed by atoms with van der Waals surface area (Å²) in [4.78, 5) is 0.290. The van der Waals surface area contributed by atoms with Crippen molar-refractivity contribution in [1.82, 2.24) is 0 Å². The fourth-order valence-corrected chi connectivity index (χ4v) is 3.35. The van der Waals surface area contributed by atoms with E-state index in [-0.39, 0.29) is 33.6 Å². The summed E-state index contributed by atoms with van der Waals surface area (Å²) >= 11 is 17.1. The quantitative estimate of drug-likeness (QED) is 0.344. The maximum absolute atomic E-state index is 11.3. The van der Waals surface area contributed by atoms with E-state index in [0.29, 0.717) is 17.1 Å². The maximum atomic E-state index is 11.3. The summed E-state index contributed by atoms with van der Waals surface area (Å²) in [6.07, 6.45) is 0. The Morgan fingerprint density at radius 2 is 1.52 bits per heavy atom. The second-order valence-corrected chi connectivity index (χ2v) is 6.59. The van der Waals surface area contributed by atoms with Crippen LogP contribution in [0.2, 0.25) is 0 Å². The number of aliphatic hydroxyl groups is 1. The van der Waals surface area contributed by atoms with Crippen LogP contribution in [0.15, 0.2) is 38.2 Å². The summed E-state index contributed by atoms with van der Waals surface area (Å²) in [6.45, 7) is 0.0319. The van der Waals surface area contributed by atoms with Crippen LogP contribution in [0.25, 0.3) is 0 Å². The fraction of sp³-hybridized carbons (Fsp3) is 0.333. The molecule has 0 saturated heterocycles. The zero-order valence-corrected chi connectivity index (χ0v) is 17.0. The van der Waals surface area contributed by atoms with Crippen LogP contribution in [0.4, 0.5) is 0 Å². The predicted molar refractivity (Wildman–Crippen MR) is 106 cm³/mol. The molecular weight excluding hydrogens is 404 g/mol. The highest BCUT2D eigenvalue weighted by Gasteiger charge is 2.44. The Bertz CT molecular complexity index is 679. The number of thiol groups is 4. The van der Waals surface area contributed by atoms with Crippen molar-refractivity contribution in [3.05, 3.63) is 43.8 Å². The normalized spacial score (nSPS) is 16.8. The molecule has 0 radical (unpaired) electrons. The van der Waals surface area contributed by atoms with Crippen LogP contribution in [0.5, 0.6) is 11.5 Å². The molecule has 0 aromatic heterocycles. The Kier molecular flexibility index (Phi) is 7.32. The van der Waals surface area contributed by atoms with Crippen molar-refractivity contribution >= 4 is 50.5 Å². The van der Waals surface area contributed by atoms with Crippen LogP contribution in [-0.4, -0.2) is 32.9 Å². The van der Waals surface area contributed by atoms with Crippen LogP contribution in [-0.2, 0) is 19.8 Å². The van der Waals surface area contributed by atoms with E-state index in [4.69, 9.17) is 23.7 Å². The highest BCUT2D eigenvalue weighted by molar-refractivity contribution is 7.90. The zero-order chi connectivity index (χ0) is 18.6. The van der Waals surface area contributed by atoms with E-state index in [1.807, 2.05) is 0 Å². The molecule has 0 bridgehead atoms. The van der Waals surface area contributed by atoms with Crippen LogP contribution in [0, 0.1) is 0 Å². The van der Waals surface area contributed by atoms with Gasteiger partial charge in [-0.2, -0.15) is 0 Å². The van der Waals surface area contributed by atoms with Crippen LogP contribution >= 0.6 is 50.5 Å². The monoisotopic (exact) mass is 422 g/mol. The van der Waals surface area contributed by atoms with Crippen molar-refractivity contribution in [2.45, 2.75) is 5.60 Å². The molecular formula is C15H18O6S4. The number of benzene rings is 1. The summed E-state index contributed by atoms with van der Waals surface area (Å²) in [7, 11) is 3.00. The highest BCUT2D eigenvalue weighted by atomic mass is 32.1. The lowest BCUT2D eigenvalue weighted by atomic mass is 9.91. The number of hydrogen-bond acceptors (Lipinski definition) is 10. The van der Waals surface area contributed by atoms with E-state index in [2.05, 4.69) is 50.5 Å². The molecule has 1 aromatic carbocycles. The fourth-order valence-electron chi connectivity index (χ4n) is 2.13. The Hall–Kier alpha value is -0.620.